The van der Waals surface area contributed by atoms with Gasteiger partial charge in [0.2, 0.25) is 0 Å². The first-order valence-corrected chi connectivity index (χ1v) is 7.34. The molecule has 18 heavy (non-hydrogen) atoms. The molecular formula is C13H16ClNO2S. The minimum Gasteiger partial charge on any atom is -0.380 e. The van der Waals surface area contributed by atoms with Crippen molar-refractivity contribution >= 4 is 29.3 Å². The summed E-state index contributed by atoms with van der Waals surface area (Å²) in [5.74, 6) is -0.121. The topological polar surface area (TPSA) is 38.3 Å². The third kappa shape index (κ3) is 2.99. The summed E-state index contributed by atoms with van der Waals surface area (Å²) in [5, 5.41) is 3.41. The van der Waals surface area contributed by atoms with Gasteiger partial charge in [-0.2, -0.15) is 0 Å². The molecule has 0 unspecified atom stereocenters. The predicted octanol–water partition coefficient (Wildman–Crippen LogP) is 2.83. The molecule has 0 spiro atoms. The Balaban J connectivity index is 2.03. The number of thioether (sulfide) groups is 1. The third-order valence-electron chi connectivity index (χ3n) is 2.99. The van der Waals surface area contributed by atoms with Gasteiger partial charge in [0, 0.05) is 16.9 Å². The fraction of sp³-hybridized carbons (Fsp3) is 0.462. The van der Waals surface area contributed by atoms with Crippen LogP contribution in [0.25, 0.3) is 0 Å². The molecule has 1 saturated heterocycles. The van der Waals surface area contributed by atoms with Gasteiger partial charge in [0.25, 0.3) is 5.91 Å². The Morgan fingerprint density at radius 3 is 2.83 bits per heavy atom. The van der Waals surface area contributed by atoms with Crippen molar-refractivity contribution < 1.29 is 9.53 Å². The quantitative estimate of drug-likeness (QED) is 0.865. The number of rotatable bonds is 4. The third-order valence-corrected chi connectivity index (χ3v) is 4.05. The van der Waals surface area contributed by atoms with Crippen molar-refractivity contribution in [3.63, 3.8) is 0 Å². The van der Waals surface area contributed by atoms with Gasteiger partial charge in [-0.3, -0.25) is 4.79 Å². The Labute approximate surface area is 116 Å². The second-order valence-electron chi connectivity index (χ2n) is 4.83. The first-order valence-electron chi connectivity index (χ1n) is 5.74. The molecule has 1 aromatic rings. The smallest absolute Gasteiger partial charge is 0.252 e. The second kappa shape index (κ2) is 5.51. The van der Waals surface area contributed by atoms with E-state index in [2.05, 4.69) is 12.2 Å². The Morgan fingerprint density at radius 2 is 2.28 bits per heavy atom. The fourth-order valence-corrected chi connectivity index (χ4v) is 2.39. The predicted molar refractivity (Wildman–Crippen MR) is 74.5 cm³/mol. The van der Waals surface area contributed by atoms with Gasteiger partial charge in [0.15, 0.2) is 0 Å². The number of nitrogens with one attached hydrogen (secondary N) is 1. The Bertz CT molecular complexity index is 460. The molecule has 1 aliphatic rings. The van der Waals surface area contributed by atoms with Crippen LogP contribution in [-0.2, 0) is 4.74 Å². The molecule has 1 heterocycles. The average molecular weight is 286 g/mol. The maximum atomic E-state index is 12.1. The van der Waals surface area contributed by atoms with E-state index in [0.717, 1.165) is 4.90 Å². The van der Waals surface area contributed by atoms with Crippen molar-refractivity contribution in [3.05, 3.63) is 28.8 Å². The highest BCUT2D eigenvalue weighted by Gasteiger charge is 2.33. The zero-order chi connectivity index (χ0) is 13.2. The van der Waals surface area contributed by atoms with E-state index >= 15 is 0 Å². The molecule has 3 nitrogen and oxygen atoms in total. The lowest BCUT2D eigenvalue weighted by atomic mass is 9.88. The molecule has 1 aromatic carbocycles. The van der Waals surface area contributed by atoms with Crippen molar-refractivity contribution in [1.82, 2.24) is 5.32 Å². The normalized spacial score (nSPS) is 17.1. The minimum atomic E-state index is -0.121. The summed E-state index contributed by atoms with van der Waals surface area (Å²) in [7, 11) is 0. The maximum Gasteiger partial charge on any atom is 0.252 e. The molecular weight excluding hydrogens is 270 g/mol. The van der Waals surface area contributed by atoms with E-state index < -0.39 is 0 Å². The number of ether oxygens (including phenoxy) is 1. The Morgan fingerprint density at radius 1 is 1.56 bits per heavy atom. The van der Waals surface area contributed by atoms with Crippen molar-refractivity contribution in [3.8, 4) is 0 Å². The number of hydrogen-bond donors (Lipinski definition) is 1. The maximum absolute atomic E-state index is 12.1. The SMILES string of the molecule is CSc1ccc(Cl)c(C(=O)NCC2(C)COC2)c1. The first kappa shape index (κ1) is 13.7. The van der Waals surface area contributed by atoms with Gasteiger partial charge in [-0.1, -0.05) is 18.5 Å². The summed E-state index contributed by atoms with van der Waals surface area (Å²) in [4.78, 5) is 13.1. The number of amides is 1. The summed E-state index contributed by atoms with van der Waals surface area (Å²) >= 11 is 7.64. The lowest BCUT2D eigenvalue weighted by molar-refractivity contribution is -0.0978. The number of carbonyl (C=O) groups is 1. The van der Waals surface area contributed by atoms with Crippen LogP contribution < -0.4 is 5.32 Å². The van der Waals surface area contributed by atoms with Crippen molar-refractivity contribution in [2.75, 3.05) is 26.0 Å². The summed E-state index contributed by atoms with van der Waals surface area (Å²) in [6.45, 7) is 4.11. The van der Waals surface area contributed by atoms with Gasteiger partial charge in [-0.25, -0.2) is 0 Å². The molecule has 1 fully saturated rings. The van der Waals surface area contributed by atoms with Crippen molar-refractivity contribution in [2.24, 2.45) is 5.41 Å². The molecule has 1 amide bonds. The molecule has 98 valence electrons. The Hall–Kier alpha value is -0.710. The van der Waals surface area contributed by atoms with E-state index in [4.69, 9.17) is 16.3 Å². The zero-order valence-electron chi connectivity index (χ0n) is 10.5. The molecule has 0 bridgehead atoms. The molecule has 0 saturated carbocycles. The van der Waals surface area contributed by atoms with Crippen LogP contribution in [0, 0.1) is 5.41 Å². The zero-order valence-corrected chi connectivity index (χ0v) is 12.0. The monoisotopic (exact) mass is 285 g/mol. The summed E-state index contributed by atoms with van der Waals surface area (Å²) in [6.07, 6.45) is 1.97. The van der Waals surface area contributed by atoms with Crippen LogP contribution in [-0.4, -0.2) is 31.9 Å². The summed E-state index contributed by atoms with van der Waals surface area (Å²) in [6, 6.07) is 5.49. The van der Waals surface area contributed by atoms with E-state index in [1.54, 1.807) is 17.8 Å². The molecule has 0 atom stereocenters. The average Bonchev–Trinajstić information content (AvgIpc) is 2.34. The van der Waals surface area contributed by atoms with Crippen LogP contribution >= 0.6 is 23.4 Å². The highest BCUT2D eigenvalue weighted by Crippen LogP contribution is 2.26. The number of halogens is 1. The number of carbonyl (C=O) groups excluding carboxylic acids is 1. The van der Waals surface area contributed by atoms with Gasteiger partial charge in [0.1, 0.15) is 0 Å². The highest BCUT2D eigenvalue weighted by molar-refractivity contribution is 7.98. The van der Waals surface area contributed by atoms with Gasteiger partial charge in [0.05, 0.1) is 23.8 Å². The van der Waals surface area contributed by atoms with Crippen LogP contribution in [0.5, 0.6) is 0 Å². The van der Waals surface area contributed by atoms with Gasteiger partial charge in [-0.05, 0) is 24.5 Å². The molecule has 5 heteroatoms. The van der Waals surface area contributed by atoms with Gasteiger partial charge < -0.3 is 10.1 Å². The van der Waals surface area contributed by atoms with Gasteiger partial charge >= 0.3 is 0 Å². The largest absolute Gasteiger partial charge is 0.380 e. The molecule has 0 aromatic heterocycles. The highest BCUT2D eigenvalue weighted by atomic mass is 35.5. The van der Waals surface area contributed by atoms with Crippen molar-refractivity contribution in [1.29, 1.82) is 0 Å². The lowest BCUT2D eigenvalue weighted by Gasteiger charge is -2.38. The van der Waals surface area contributed by atoms with Crippen molar-refractivity contribution in [2.45, 2.75) is 11.8 Å². The van der Waals surface area contributed by atoms with Crippen LogP contribution in [0.1, 0.15) is 17.3 Å². The van der Waals surface area contributed by atoms with E-state index in [9.17, 15) is 4.79 Å². The summed E-state index contributed by atoms with van der Waals surface area (Å²) in [5.41, 5.74) is 0.603. The lowest BCUT2D eigenvalue weighted by Crippen LogP contribution is -2.48. The molecule has 2 rings (SSSR count). The van der Waals surface area contributed by atoms with E-state index in [1.807, 2.05) is 18.4 Å². The van der Waals surface area contributed by atoms with E-state index in [0.29, 0.717) is 30.3 Å². The van der Waals surface area contributed by atoms with Crippen LogP contribution in [0.3, 0.4) is 0 Å². The Kier molecular flexibility index (Phi) is 4.20. The van der Waals surface area contributed by atoms with E-state index in [-0.39, 0.29) is 11.3 Å². The number of benzene rings is 1. The molecule has 0 radical (unpaired) electrons. The minimum absolute atomic E-state index is 0.0687. The van der Waals surface area contributed by atoms with E-state index in [1.165, 1.54) is 0 Å². The molecule has 1 N–H and O–H groups in total. The second-order valence-corrected chi connectivity index (χ2v) is 6.12. The van der Waals surface area contributed by atoms with Crippen LogP contribution in [0.2, 0.25) is 5.02 Å². The molecule has 0 aliphatic carbocycles. The van der Waals surface area contributed by atoms with Gasteiger partial charge in [-0.15, -0.1) is 11.8 Å². The van der Waals surface area contributed by atoms with Crippen LogP contribution in [0.15, 0.2) is 23.1 Å². The molecule has 1 aliphatic heterocycles. The summed E-state index contributed by atoms with van der Waals surface area (Å²) < 4.78 is 5.16. The number of hydrogen-bond acceptors (Lipinski definition) is 3. The standard InChI is InChI=1S/C13H16ClNO2S/c1-13(7-17-8-13)6-15-12(16)10-5-9(18-2)3-4-11(10)14/h3-5H,6-8H2,1-2H3,(H,15,16). The fourth-order valence-electron chi connectivity index (χ4n) is 1.75. The first-order chi connectivity index (χ1) is 8.54. The van der Waals surface area contributed by atoms with Crippen LogP contribution in [0.4, 0.5) is 0 Å².